The lowest BCUT2D eigenvalue weighted by molar-refractivity contribution is -0.145. The molecule has 0 aliphatic carbocycles. The van der Waals surface area contributed by atoms with Crippen LogP contribution in [-0.4, -0.2) is 417 Å². The predicted molar refractivity (Wildman–Crippen MR) is 482 cm³/mol. The highest BCUT2D eigenvalue weighted by Crippen LogP contribution is 2.14. The Labute approximate surface area is 763 Å². The first-order chi connectivity index (χ1) is 60.3. The maximum Gasteiger partial charge on any atom is 0.408 e. The van der Waals surface area contributed by atoms with E-state index in [1.807, 2.05) is 70.9 Å². The van der Waals surface area contributed by atoms with Gasteiger partial charge in [0, 0.05) is 162 Å². The third kappa shape index (κ3) is 77.6. The van der Waals surface area contributed by atoms with Gasteiger partial charge < -0.3 is 123 Å². The molecule has 0 spiro atoms. The van der Waals surface area contributed by atoms with Crippen molar-refractivity contribution in [2.75, 3.05) is 300 Å². The summed E-state index contributed by atoms with van der Waals surface area (Å²) < 4.78 is 121. The van der Waals surface area contributed by atoms with Crippen LogP contribution in [0.5, 0.6) is 0 Å². The maximum absolute atomic E-state index is 12.6. The van der Waals surface area contributed by atoms with Crippen molar-refractivity contribution in [2.45, 2.75) is 146 Å². The van der Waals surface area contributed by atoms with Crippen LogP contribution in [0.15, 0.2) is 0 Å². The molecule has 8 fully saturated rings. The molecular formula is C80H164Br2ClN17O22. The van der Waals surface area contributed by atoms with Crippen molar-refractivity contribution in [3.8, 4) is 0 Å². The molecule has 722 valence electrons. The van der Waals surface area contributed by atoms with Crippen molar-refractivity contribution in [2.24, 2.45) is 46.4 Å². The van der Waals surface area contributed by atoms with Crippen LogP contribution in [0.25, 0.3) is 0 Å². The zero-order chi connectivity index (χ0) is 98.7. The fraction of sp³-hybridized carbons (Fsp3) is 0.887. The van der Waals surface area contributed by atoms with Crippen molar-refractivity contribution in [1.82, 2.24) is 61.3 Å². The molecule has 122 heavy (non-hydrogen) atoms. The molecule has 6 amide bonds. The lowest BCUT2D eigenvalue weighted by Crippen LogP contribution is -2.52. The van der Waals surface area contributed by atoms with Gasteiger partial charge in [-0.05, 0) is 73.1 Å². The Kier molecular flexibility index (Phi) is 72.5. The fourth-order valence-electron chi connectivity index (χ4n) is 10.1. The lowest BCUT2D eigenvalue weighted by atomic mass is 9.98. The number of nitrogens with zero attached hydrogens (tertiary/aromatic N) is 6. The summed E-state index contributed by atoms with van der Waals surface area (Å²) >= 11 is 5.78. The highest BCUT2D eigenvalue weighted by Gasteiger charge is 2.30. The Hall–Kier alpha value is -4.68. The number of amides is 6. The van der Waals surface area contributed by atoms with Gasteiger partial charge in [0.2, 0.25) is 23.6 Å². The third-order valence-electron chi connectivity index (χ3n) is 17.4. The minimum Gasteiger partial charge on any atom is -0.480 e. The van der Waals surface area contributed by atoms with Crippen LogP contribution in [0.3, 0.4) is 0 Å². The second-order valence-electron chi connectivity index (χ2n) is 29.9. The number of hydrogen-bond donors (Lipinski definition) is 12. The van der Waals surface area contributed by atoms with Gasteiger partial charge in [-0.15, -0.1) is 12.4 Å². The number of ether oxygens (including phenoxy) is 12. The minimum atomic E-state index is -1.91. The first kappa shape index (κ1) is 108. The van der Waals surface area contributed by atoms with Gasteiger partial charge in [-0.3, -0.25) is 58.2 Å². The zero-order valence-corrected chi connectivity index (χ0v) is 79.5. The molecule has 17 N–H and O–H groups in total. The van der Waals surface area contributed by atoms with E-state index in [1.165, 1.54) is 0 Å². The van der Waals surface area contributed by atoms with Crippen LogP contribution in [0, 0.1) is 17.8 Å². The van der Waals surface area contributed by atoms with E-state index < -0.39 is 85.3 Å². The number of aliphatic carboxylic acids is 1. The lowest BCUT2D eigenvalue weighted by Gasteiger charge is -2.28. The van der Waals surface area contributed by atoms with E-state index in [0.717, 1.165) is 125 Å². The highest BCUT2D eigenvalue weighted by molar-refractivity contribution is 9.09. The summed E-state index contributed by atoms with van der Waals surface area (Å²) in [6, 6.07) is -2.43. The summed E-state index contributed by atoms with van der Waals surface area (Å²) in [6.45, 7) is 45.7. The average molecular weight is 1920 g/mol. The predicted octanol–water partition coefficient (Wildman–Crippen LogP) is 0.878. The quantitative estimate of drug-likeness (QED) is 0.0281. The van der Waals surface area contributed by atoms with E-state index in [0.29, 0.717) is 150 Å². The Morgan fingerprint density at radius 3 is 0.975 bits per heavy atom. The SMILES string of the molecule is C1COCCN1.C1COCCN1.CCOC(=O)CBr.CCOC(=O)CN1CCOCC1.CC[C@H](C)[C@H](NC(=O)OC(C)(C)C)C(=O)O.Cl.NC(=O)CBr.NC(=O)CN1CCOCC1.[2H]C([2H])(CN1CCOCC1)NC(=O)[C@@H](N)[C@@H](C)CC.[2H]C([2H])(CN1CCOCC1)NC(=O)[C@@H](NC(=O)OC(C)(C)C)[C@@H](C)CC.[2H]C([2H])(N)CN1CCOCC1.[2H]C([2H])(N)CN1CCOCC1. The number of carbonyl (C=O) groups is 9. The summed E-state index contributed by atoms with van der Waals surface area (Å²) in [4.78, 5) is 112. The Morgan fingerprint density at radius 1 is 0.434 bits per heavy atom. The van der Waals surface area contributed by atoms with Crippen LogP contribution >= 0.6 is 44.3 Å². The Balaban J connectivity index is -0.000000693. The molecule has 8 heterocycles. The average Bonchev–Trinajstić information content (AvgIpc) is 0.848. The first-order valence-corrected chi connectivity index (χ1v) is 44.1. The number of rotatable bonds is 29. The normalized spacial score (nSPS) is 20.0. The summed E-state index contributed by atoms with van der Waals surface area (Å²) in [6.07, 6.45) is 0.737. The summed E-state index contributed by atoms with van der Waals surface area (Å²) in [5.41, 5.74) is 24.5. The summed E-state index contributed by atoms with van der Waals surface area (Å²) in [5.74, 6) is -3.21. The minimum absolute atomic E-state index is 0. The van der Waals surface area contributed by atoms with Gasteiger partial charge in [-0.25, -0.2) is 14.4 Å². The standard InChI is InChI=1S/C17H33N3O4.C12H25N3O2.C11H21NO4.C8H15NO3.C6H12N2O2.2C6H14N2O.C4H7BrO2.2C4H9NO.C2H4BrNO.ClH/c1-6-13(2)14(19-16(22)24-17(3,4)5)15(21)18-7-8-20-9-11-23-12-10-20;1-3-10(2)11(13)12(16)14-4-5-15-6-8-17-9-7-15;1-6-7(2)8(9(13)14)12-10(15)16-11(3,4)5;1-2-12-8(10)7-9-3-5-11-6-4-9;7-6(9)5-8-1-3-10-4-2-8;2*7-1-2-8-3-5-9-6-4-8;1-2-7-4(6)3-5;2*1-3-6-4-2-5-1;3-1-2(4)5;/h13-14H,6-12H2,1-5H3,(H,18,21)(H,19,22);10-11H,3-9,13H2,1-2H3,(H,14,16);7-8H,6H2,1-5H3,(H,12,15)(H,13,14);2-7H2,1H3;1-5H2,(H2,7,9);2*1-7H2;2-3H2,1H3;2*5H,1-4H2;1H2,(H2,4,5);1H/t13-,14-;10-,11-;7-,8-;;;;;;;;;/m000........./s1/i7D2;4D2;;;;2*1D2;;;;;. The molecule has 0 radical (unpaired) electrons. The van der Waals surface area contributed by atoms with E-state index in [-0.39, 0.29) is 72.3 Å². The molecule has 39 nitrogen and oxygen atoms in total. The molecule has 6 atom stereocenters. The molecule has 0 aromatic carbocycles. The van der Waals surface area contributed by atoms with Crippen molar-refractivity contribution in [1.29, 1.82) is 0 Å². The topological polar surface area (TPSA) is 506 Å². The smallest absolute Gasteiger partial charge is 0.408 e. The third-order valence-corrected chi connectivity index (χ3v) is 18.4. The number of esters is 2. The number of alkyl halides is 2. The van der Waals surface area contributed by atoms with E-state index in [9.17, 15) is 43.2 Å². The molecule has 0 unspecified atom stereocenters. The fourth-order valence-corrected chi connectivity index (χ4v) is 10.2. The number of alkyl carbamates (subject to hydrolysis) is 2. The highest BCUT2D eigenvalue weighted by atomic mass is 79.9. The molecule has 8 aliphatic rings. The first-order valence-electron chi connectivity index (χ1n) is 45.9. The van der Waals surface area contributed by atoms with Crippen molar-refractivity contribution < 1.29 is 116 Å². The summed E-state index contributed by atoms with van der Waals surface area (Å²) in [5, 5.41) is 25.6. The number of carboxylic acids is 1. The van der Waals surface area contributed by atoms with Crippen LogP contribution < -0.4 is 60.6 Å². The molecular weight excluding hydrogens is 1750 g/mol. The van der Waals surface area contributed by atoms with Crippen LogP contribution in [-0.2, 0) is 90.4 Å². The van der Waals surface area contributed by atoms with Gasteiger partial charge in [-0.2, -0.15) is 0 Å². The van der Waals surface area contributed by atoms with Gasteiger partial charge in [0.15, 0.2) is 0 Å². The van der Waals surface area contributed by atoms with E-state index in [2.05, 4.69) is 74.2 Å². The number of nitrogens with one attached hydrogen (secondary N) is 6. The van der Waals surface area contributed by atoms with Crippen molar-refractivity contribution in [3.05, 3.63) is 0 Å². The van der Waals surface area contributed by atoms with Gasteiger partial charge in [0.05, 0.1) is 149 Å². The number of halogens is 3. The van der Waals surface area contributed by atoms with Crippen LogP contribution in [0.2, 0.25) is 0 Å². The van der Waals surface area contributed by atoms with E-state index in [1.54, 1.807) is 55.4 Å². The van der Waals surface area contributed by atoms with Crippen molar-refractivity contribution in [3.63, 3.8) is 0 Å². The Bertz CT molecular complexity index is 2880. The number of hydrogen-bond acceptors (Lipinski definition) is 32. The van der Waals surface area contributed by atoms with E-state index >= 15 is 0 Å². The molecule has 8 rings (SSSR count). The monoisotopic (exact) mass is 1920 g/mol. The number of carbonyl (C=O) groups excluding carboxylic acids is 8. The van der Waals surface area contributed by atoms with Crippen LogP contribution in [0.4, 0.5) is 9.59 Å². The molecule has 42 heteroatoms. The second kappa shape index (κ2) is 82.0. The Morgan fingerprint density at radius 2 is 0.721 bits per heavy atom. The van der Waals surface area contributed by atoms with Gasteiger partial charge in [-0.1, -0.05) is 92.7 Å². The van der Waals surface area contributed by atoms with Gasteiger partial charge in [0.1, 0.15) is 28.6 Å². The molecule has 0 aromatic rings. The second-order valence-corrected chi connectivity index (χ2v) is 31.0. The number of nitrogens with two attached hydrogens (primary N) is 5. The number of primary amides is 2. The molecule has 8 saturated heterocycles. The van der Waals surface area contributed by atoms with Crippen LogP contribution in [0.1, 0.15) is 127 Å². The summed E-state index contributed by atoms with van der Waals surface area (Å²) in [7, 11) is 0. The van der Waals surface area contributed by atoms with E-state index in [4.69, 9.17) is 91.1 Å². The number of carboxylic acid groups (broad SMARTS) is 1. The molecule has 0 aromatic heterocycles. The molecule has 0 saturated carbocycles. The van der Waals surface area contributed by atoms with Gasteiger partial charge in [0.25, 0.3) is 0 Å². The maximum atomic E-state index is 12.6. The zero-order valence-electron chi connectivity index (χ0n) is 83.5. The molecule has 8 aliphatic heterocycles. The number of morpholine rings is 8. The van der Waals surface area contributed by atoms with Gasteiger partial charge >= 0.3 is 30.1 Å². The largest absolute Gasteiger partial charge is 0.480 e. The van der Waals surface area contributed by atoms with Crippen molar-refractivity contribution >= 4 is 98.0 Å². The molecule has 0 bridgehead atoms.